The van der Waals surface area contributed by atoms with E-state index in [1.54, 1.807) is 12.1 Å². The number of amides is 1. The molecule has 2 rings (SSSR count). The van der Waals surface area contributed by atoms with Crippen molar-refractivity contribution in [3.05, 3.63) is 69.0 Å². The Hall–Kier alpha value is -2.12. The van der Waals surface area contributed by atoms with Crippen LogP contribution in [0.4, 0.5) is 15.8 Å². The molecule has 0 unspecified atom stereocenters. The number of thioether (sulfide) groups is 1. The van der Waals surface area contributed by atoms with Gasteiger partial charge in [-0.05, 0) is 30.7 Å². The number of rotatable bonds is 6. The largest absolute Gasteiger partial charge is 0.323 e. The van der Waals surface area contributed by atoms with Crippen LogP contribution in [0.5, 0.6) is 0 Å². The number of anilines is 1. The molecule has 0 spiro atoms. The van der Waals surface area contributed by atoms with Gasteiger partial charge in [0.1, 0.15) is 5.82 Å². The number of nitro benzene ring substituents is 1. The average Bonchev–Trinajstić information content (AvgIpc) is 2.55. The summed E-state index contributed by atoms with van der Waals surface area (Å²) in [6.45, 7) is 1.85. The topological polar surface area (TPSA) is 72.2 Å². The van der Waals surface area contributed by atoms with E-state index >= 15 is 0 Å². The Morgan fingerprint density at radius 2 is 2.12 bits per heavy atom. The Labute approximate surface area is 147 Å². The van der Waals surface area contributed by atoms with Gasteiger partial charge in [-0.15, -0.1) is 11.8 Å². The number of nitrogens with one attached hydrogen (secondary N) is 1. The van der Waals surface area contributed by atoms with E-state index in [1.807, 2.05) is 6.92 Å². The molecule has 5 nitrogen and oxygen atoms in total. The first-order valence-corrected chi connectivity index (χ1v) is 8.40. The van der Waals surface area contributed by atoms with Gasteiger partial charge in [0, 0.05) is 22.4 Å². The Balaban J connectivity index is 1.93. The number of nitro groups is 1. The zero-order chi connectivity index (χ0) is 17.7. The van der Waals surface area contributed by atoms with Crippen LogP contribution >= 0.6 is 23.4 Å². The molecule has 0 radical (unpaired) electrons. The predicted octanol–water partition coefficient (Wildman–Crippen LogP) is 4.82. The van der Waals surface area contributed by atoms with Gasteiger partial charge in [0.25, 0.3) is 5.69 Å². The van der Waals surface area contributed by atoms with E-state index in [9.17, 15) is 19.3 Å². The lowest BCUT2D eigenvalue weighted by Gasteiger charge is -2.12. The van der Waals surface area contributed by atoms with Gasteiger partial charge in [0.05, 0.1) is 16.4 Å². The minimum Gasteiger partial charge on any atom is -0.323 e. The molecule has 24 heavy (non-hydrogen) atoms. The molecule has 0 saturated carbocycles. The average molecular weight is 369 g/mol. The molecule has 0 aliphatic carbocycles. The minimum absolute atomic E-state index is 0.00707. The summed E-state index contributed by atoms with van der Waals surface area (Å²) < 4.78 is 13.6. The zero-order valence-corrected chi connectivity index (χ0v) is 14.2. The summed E-state index contributed by atoms with van der Waals surface area (Å²) in [5, 5.41) is 13.4. The first-order valence-electron chi connectivity index (χ1n) is 6.97. The molecule has 0 aliphatic heterocycles. The quantitative estimate of drug-likeness (QED) is 0.586. The van der Waals surface area contributed by atoms with Gasteiger partial charge in [-0.2, -0.15) is 0 Å². The Bertz CT molecular complexity index is 773. The van der Waals surface area contributed by atoms with Crippen LogP contribution < -0.4 is 5.32 Å². The normalized spacial score (nSPS) is 11.8. The predicted molar refractivity (Wildman–Crippen MR) is 94.0 cm³/mol. The van der Waals surface area contributed by atoms with Crippen molar-refractivity contribution in [1.29, 1.82) is 0 Å². The zero-order valence-electron chi connectivity index (χ0n) is 12.7. The maximum absolute atomic E-state index is 13.6. The van der Waals surface area contributed by atoms with Crippen molar-refractivity contribution < 1.29 is 14.1 Å². The minimum atomic E-state index is -0.604. The van der Waals surface area contributed by atoms with Crippen molar-refractivity contribution in [1.82, 2.24) is 0 Å². The highest BCUT2D eigenvalue weighted by Gasteiger charge is 2.14. The lowest BCUT2D eigenvalue weighted by atomic mass is 10.1. The second-order valence-electron chi connectivity index (χ2n) is 4.98. The molecule has 1 amide bonds. The number of hydrogen-bond donors (Lipinski definition) is 1. The van der Waals surface area contributed by atoms with E-state index in [-0.39, 0.29) is 33.3 Å². The number of hydrogen-bond acceptors (Lipinski definition) is 4. The van der Waals surface area contributed by atoms with Crippen LogP contribution in [0.15, 0.2) is 42.5 Å². The van der Waals surface area contributed by atoms with E-state index in [2.05, 4.69) is 5.32 Å². The number of carbonyl (C=O) groups is 1. The highest BCUT2D eigenvalue weighted by atomic mass is 35.5. The molecule has 0 fully saturated rings. The first-order chi connectivity index (χ1) is 11.4. The van der Waals surface area contributed by atoms with Crippen LogP contribution in [0.3, 0.4) is 0 Å². The molecule has 126 valence electrons. The Kier molecular flexibility index (Phi) is 6.16. The standard InChI is InChI=1S/C16H14ClFN2O3S/c1-10(11-3-2-4-13(7-11)20(22)23)24-9-16(21)19-15-6-5-12(17)8-14(15)18/h2-8,10H,9H2,1H3,(H,19,21)/t10-/m0/s1. The Morgan fingerprint density at radius 1 is 1.38 bits per heavy atom. The molecule has 0 aliphatic rings. The van der Waals surface area contributed by atoms with Gasteiger partial charge in [0.2, 0.25) is 5.91 Å². The maximum Gasteiger partial charge on any atom is 0.269 e. The van der Waals surface area contributed by atoms with Crippen molar-refractivity contribution in [2.24, 2.45) is 0 Å². The maximum atomic E-state index is 13.6. The fourth-order valence-electron chi connectivity index (χ4n) is 1.97. The van der Waals surface area contributed by atoms with Crippen molar-refractivity contribution in [3.8, 4) is 0 Å². The van der Waals surface area contributed by atoms with Crippen LogP contribution in [0.25, 0.3) is 0 Å². The van der Waals surface area contributed by atoms with Gasteiger partial charge in [-0.3, -0.25) is 14.9 Å². The molecular formula is C16H14ClFN2O3S. The van der Waals surface area contributed by atoms with Crippen LogP contribution in [0, 0.1) is 15.9 Å². The van der Waals surface area contributed by atoms with Gasteiger partial charge in [-0.25, -0.2) is 4.39 Å². The molecule has 2 aromatic carbocycles. The summed E-state index contributed by atoms with van der Waals surface area (Å²) >= 11 is 6.96. The molecule has 1 N–H and O–H groups in total. The highest BCUT2D eigenvalue weighted by Crippen LogP contribution is 2.30. The van der Waals surface area contributed by atoms with Gasteiger partial charge >= 0.3 is 0 Å². The van der Waals surface area contributed by atoms with E-state index in [0.29, 0.717) is 0 Å². The smallest absolute Gasteiger partial charge is 0.269 e. The molecule has 0 heterocycles. The number of benzene rings is 2. The summed E-state index contributed by atoms with van der Waals surface area (Å²) in [7, 11) is 0. The van der Waals surface area contributed by atoms with Crippen molar-refractivity contribution >= 4 is 40.6 Å². The van der Waals surface area contributed by atoms with E-state index in [0.717, 1.165) is 11.6 Å². The third-order valence-electron chi connectivity index (χ3n) is 3.22. The number of non-ortho nitro benzene ring substituents is 1. The molecular weight excluding hydrogens is 355 g/mol. The lowest BCUT2D eigenvalue weighted by molar-refractivity contribution is -0.384. The van der Waals surface area contributed by atoms with Crippen LogP contribution in [-0.4, -0.2) is 16.6 Å². The fraction of sp³-hybridized carbons (Fsp3) is 0.188. The van der Waals surface area contributed by atoms with Crippen molar-refractivity contribution in [3.63, 3.8) is 0 Å². The molecule has 8 heteroatoms. The first kappa shape index (κ1) is 18.2. The molecule has 2 aromatic rings. The van der Waals surface area contributed by atoms with Crippen LogP contribution in [0.2, 0.25) is 5.02 Å². The van der Waals surface area contributed by atoms with E-state index in [1.165, 1.54) is 36.0 Å². The van der Waals surface area contributed by atoms with Gasteiger partial charge < -0.3 is 5.32 Å². The molecule has 0 aromatic heterocycles. The van der Waals surface area contributed by atoms with E-state index < -0.39 is 10.7 Å². The molecule has 0 saturated heterocycles. The highest BCUT2D eigenvalue weighted by molar-refractivity contribution is 8.00. The second-order valence-corrected chi connectivity index (χ2v) is 6.74. The molecule has 1 atom stereocenters. The number of nitrogens with zero attached hydrogens (tertiary/aromatic N) is 1. The third-order valence-corrected chi connectivity index (χ3v) is 4.66. The van der Waals surface area contributed by atoms with Gasteiger partial charge in [-0.1, -0.05) is 23.7 Å². The second kappa shape index (κ2) is 8.12. The summed E-state index contributed by atoms with van der Waals surface area (Å²) in [5.74, 6) is -0.877. The lowest BCUT2D eigenvalue weighted by Crippen LogP contribution is -2.15. The number of halogens is 2. The van der Waals surface area contributed by atoms with Crippen LogP contribution in [0.1, 0.15) is 17.7 Å². The van der Waals surface area contributed by atoms with Crippen molar-refractivity contribution in [2.45, 2.75) is 12.2 Å². The molecule has 0 bridgehead atoms. The summed E-state index contributed by atoms with van der Waals surface area (Å²) in [6, 6.07) is 10.3. The monoisotopic (exact) mass is 368 g/mol. The SMILES string of the molecule is C[C@H](SCC(=O)Nc1ccc(Cl)cc1F)c1cccc([N+](=O)[O-])c1. The third kappa shape index (κ3) is 4.94. The summed E-state index contributed by atoms with van der Waals surface area (Å²) in [6.07, 6.45) is 0. The number of carbonyl (C=O) groups excluding carboxylic acids is 1. The van der Waals surface area contributed by atoms with E-state index in [4.69, 9.17) is 11.6 Å². The van der Waals surface area contributed by atoms with Gasteiger partial charge in [0.15, 0.2) is 0 Å². The van der Waals surface area contributed by atoms with Crippen LogP contribution in [-0.2, 0) is 4.79 Å². The summed E-state index contributed by atoms with van der Waals surface area (Å²) in [5.41, 5.74) is 0.820. The fourth-order valence-corrected chi connectivity index (χ4v) is 2.94. The summed E-state index contributed by atoms with van der Waals surface area (Å²) in [4.78, 5) is 22.2. The van der Waals surface area contributed by atoms with Crippen molar-refractivity contribution in [2.75, 3.05) is 11.1 Å². The Morgan fingerprint density at radius 3 is 2.79 bits per heavy atom.